The summed E-state index contributed by atoms with van der Waals surface area (Å²) in [6.07, 6.45) is 1.08. The average Bonchev–Trinajstić information content (AvgIpc) is 3.18. The number of aromatic nitrogens is 1. The summed E-state index contributed by atoms with van der Waals surface area (Å²) in [7, 11) is 2.48. The summed E-state index contributed by atoms with van der Waals surface area (Å²) in [6, 6.07) is 13.1. The number of methoxy groups -OCH3 is 2. The lowest BCUT2D eigenvalue weighted by molar-refractivity contribution is -0.136. The van der Waals surface area contributed by atoms with Crippen LogP contribution in [0.4, 0.5) is 0 Å². The van der Waals surface area contributed by atoms with E-state index in [9.17, 15) is 9.59 Å². The van der Waals surface area contributed by atoms with Crippen molar-refractivity contribution in [3.05, 3.63) is 54.2 Å². The summed E-state index contributed by atoms with van der Waals surface area (Å²) in [6.45, 7) is 0. The minimum Gasteiger partial charge on any atom is -0.466 e. The summed E-state index contributed by atoms with van der Waals surface area (Å²) >= 11 is 0. The zero-order valence-electron chi connectivity index (χ0n) is 13.2. The third kappa shape index (κ3) is 2.94. The molecule has 0 amide bonds. The molecule has 0 saturated heterocycles. The molecule has 0 fully saturated rings. The molecule has 2 heterocycles. The van der Waals surface area contributed by atoms with E-state index < -0.39 is 11.9 Å². The van der Waals surface area contributed by atoms with Crippen LogP contribution in [0.25, 0.3) is 28.0 Å². The second-order valence-electron chi connectivity index (χ2n) is 5.01. The Morgan fingerprint density at radius 1 is 1.08 bits per heavy atom. The van der Waals surface area contributed by atoms with Gasteiger partial charge in [-0.15, -0.1) is 0 Å². The van der Waals surface area contributed by atoms with Crippen LogP contribution in [0.5, 0.6) is 0 Å². The molecule has 0 aliphatic carbocycles. The van der Waals surface area contributed by atoms with Crippen molar-refractivity contribution in [2.45, 2.75) is 0 Å². The molecule has 2 aromatic heterocycles. The molecule has 0 spiro atoms. The van der Waals surface area contributed by atoms with Gasteiger partial charge in [0.2, 0.25) is 0 Å². The zero-order chi connectivity index (χ0) is 17.1. The van der Waals surface area contributed by atoms with Crippen molar-refractivity contribution in [3.63, 3.8) is 0 Å². The lowest BCUT2D eigenvalue weighted by atomic mass is 10.2. The molecule has 1 aromatic carbocycles. The Morgan fingerprint density at radius 2 is 1.83 bits per heavy atom. The summed E-state index contributed by atoms with van der Waals surface area (Å²) in [5.74, 6) is -0.584. The van der Waals surface area contributed by atoms with Gasteiger partial charge in [-0.3, -0.25) is 0 Å². The van der Waals surface area contributed by atoms with E-state index in [1.165, 1.54) is 14.2 Å². The number of fused-ring (bicyclic) bond motifs is 1. The molecular formula is C18H15NO5. The first-order chi connectivity index (χ1) is 11.6. The maximum Gasteiger partial charge on any atom is 0.340 e. The van der Waals surface area contributed by atoms with Gasteiger partial charge in [-0.25, -0.2) is 9.59 Å². The molecule has 3 aromatic rings. The van der Waals surface area contributed by atoms with Crippen LogP contribution >= 0.6 is 0 Å². The monoisotopic (exact) mass is 325 g/mol. The summed E-state index contributed by atoms with van der Waals surface area (Å²) in [5, 5.41) is 0. The molecular weight excluding hydrogens is 310 g/mol. The van der Waals surface area contributed by atoms with E-state index in [1.807, 2.05) is 36.4 Å². The van der Waals surface area contributed by atoms with Gasteiger partial charge in [-0.2, -0.15) is 0 Å². The average molecular weight is 325 g/mol. The first-order valence-electron chi connectivity index (χ1n) is 7.18. The van der Waals surface area contributed by atoms with Crippen molar-refractivity contribution in [1.29, 1.82) is 0 Å². The number of hydrogen-bond acceptors (Lipinski definition) is 5. The van der Waals surface area contributed by atoms with E-state index in [0.717, 1.165) is 11.6 Å². The minimum atomic E-state index is -0.647. The third-order valence-electron chi connectivity index (χ3n) is 3.52. The minimum absolute atomic E-state index is 0.0667. The highest BCUT2D eigenvalue weighted by molar-refractivity contribution is 6.20. The number of carbonyl (C=O) groups is 2. The van der Waals surface area contributed by atoms with E-state index in [2.05, 4.69) is 9.72 Å². The number of H-pyrrole nitrogens is 1. The lowest BCUT2D eigenvalue weighted by Gasteiger charge is -2.02. The Hall–Kier alpha value is -3.28. The summed E-state index contributed by atoms with van der Waals surface area (Å²) in [5.41, 5.74) is 2.71. The third-order valence-corrected chi connectivity index (χ3v) is 3.52. The van der Waals surface area contributed by atoms with Crippen molar-refractivity contribution >= 4 is 28.6 Å². The maximum absolute atomic E-state index is 11.9. The van der Waals surface area contributed by atoms with Gasteiger partial charge in [0.1, 0.15) is 5.76 Å². The molecule has 122 valence electrons. The van der Waals surface area contributed by atoms with Crippen molar-refractivity contribution in [3.8, 4) is 11.3 Å². The second-order valence-corrected chi connectivity index (χ2v) is 5.01. The predicted molar refractivity (Wildman–Crippen MR) is 88.0 cm³/mol. The number of esters is 2. The van der Waals surface area contributed by atoms with Crippen LogP contribution < -0.4 is 0 Å². The first-order valence-corrected chi connectivity index (χ1v) is 7.18. The largest absolute Gasteiger partial charge is 0.466 e. The number of ether oxygens (including phenoxy) is 2. The number of furan rings is 1. The zero-order valence-corrected chi connectivity index (χ0v) is 13.2. The van der Waals surface area contributed by atoms with Crippen LogP contribution in [0.15, 0.2) is 53.0 Å². The van der Waals surface area contributed by atoms with Gasteiger partial charge >= 0.3 is 11.9 Å². The van der Waals surface area contributed by atoms with Crippen LogP contribution in [0.2, 0.25) is 0 Å². The number of aromatic amines is 1. The van der Waals surface area contributed by atoms with Gasteiger partial charge in [0, 0.05) is 23.8 Å². The number of rotatable bonds is 4. The molecule has 0 radical (unpaired) electrons. The van der Waals surface area contributed by atoms with Gasteiger partial charge in [-0.1, -0.05) is 30.3 Å². The predicted octanol–water partition coefficient (Wildman–Crippen LogP) is 3.16. The van der Waals surface area contributed by atoms with Gasteiger partial charge in [-0.05, 0) is 0 Å². The van der Waals surface area contributed by atoms with Crippen molar-refractivity contribution in [2.75, 3.05) is 14.2 Å². The molecule has 0 aliphatic heterocycles. The smallest absolute Gasteiger partial charge is 0.340 e. The Morgan fingerprint density at radius 3 is 2.46 bits per heavy atom. The van der Waals surface area contributed by atoms with E-state index in [0.29, 0.717) is 22.6 Å². The van der Waals surface area contributed by atoms with Crippen LogP contribution in [-0.4, -0.2) is 31.1 Å². The quantitative estimate of drug-likeness (QED) is 0.588. The number of carbonyl (C=O) groups excluding carboxylic acids is 2. The Labute approximate surface area is 137 Å². The van der Waals surface area contributed by atoms with Gasteiger partial charge < -0.3 is 18.9 Å². The highest BCUT2D eigenvalue weighted by Gasteiger charge is 2.19. The molecule has 0 aliphatic rings. The topological polar surface area (TPSA) is 81.5 Å². The number of benzene rings is 1. The molecule has 0 bridgehead atoms. The molecule has 0 atom stereocenters. The Balaban J connectivity index is 2.01. The SMILES string of the molecule is COC(=O)/C=C(\C(=O)OC)c1cc2oc(-c3ccccc3)cc2[nH]1. The van der Waals surface area contributed by atoms with E-state index in [4.69, 9.17) is 9.15 Å². The lowest BCUT2D eigenvalue weighted by Crippen LogP contribution is -2.07. The molecule has 0 saturated carbocycles. The van der Waals surface area contributed by atoms with Crippen molar-refractivity contribution in [2.24, 2.45) is 0 Å². The summed E-state index contributed by atoms with van der Waals surface area (Å²) in [4.78, 5) is 26.4. The molecule has 0 unspecified atom stereocenters. The fraction of sp³-hybridized carbons (Fsp3) is 0.111. The van der Waals surface area contributed by atoms with Gasteiger partial charge in [0.15, 0.2) is 5.58 Å². The Kier molecular flexibility index (Phi) is 4.20. The highest BCUT2D eigenvalue weighted by atomic mass is 16.5. The molecule has 24 heavy (non-hydrogen) atoms. The van der Waals surface area contributed by atoms with E-state index >= 15 is 0 Å². The standard InChI is InChI=1S/C18H15NO5/c1-22-17(20)8-12(18(21)23-2)13-9-16-14(19-13)10-15(24-16)11-6-4-3-5-7-11/h3-10,19H,1-2H3/b12-8-. The van der Waals surface area contributed by atoms with Crippen LogP contribution in [0, 0.1) is 0 Å². The van der Waals surface area contributed by atoms with E-state index in [1.54, 1.807) is 6.07 Å². The Bertz CT molecular complexity index is 886. The highest BCUT2D eigenvalue weighted by Crippen LogP contribution is 2.30. The fourth-order valence-corrected chi connectivity index (χ4v) is 2.35. The maximum atomic E-state index is 11.9. The van der Waals surface area contributed by atoms with Gasteiger partial charge in [0.25, 0.3) is 0 Å². The van der Waals surface area contributed by atoms with Crippen LogP contribution in [0.1, 0.15) is 5.69 Å². The summed E-state index contributed by atoms with van der Waals surface area (Å²) < 4.78 is 15.1. The van der Waals surface area contributed by atoms with Gasteiger partial charge in [0.05, 0.1) is 31.0 Å². The normalized spacial score (nSPS) is 11.5. The van der Waals surface area contributed by atoms with E-state index in [-0.39, 0.29) is 5.57 Å². The van der Waals surface area contributed by atoms with Crippen LogP contribution in [0.3, 0.4) is 0 Å². The second kappa shape index (κ2) is 6.45. The number of hydrogen-bond donors (Lipinski definition) is 1. The molecule has 6 nitrogen and oxygen atoms in total. The molecule has 6 heteroatoms. The molecule has 3 rings (SSSR count). The van der Waals surface area contributed by atoms with Crippen molar-refractivity contribution < 1.29 is 23.5 Å². The fourth-order valence-electron chi connectivity index (χ4n) is 2.35. The van der Waals surface area contributed by atoms with Crippen molar-refractivity contribution in [1.82, 2.24) is 4.98 Å². The first kappa shape index (κ1) is 15.6. The van der Waals surface area contributed by atoms with Crippen LogP contribution in [-0.2, 0) is 19.1 Å². The number of nitrogens with one attached hydrogen (secondary N) is 1. The molecule has 1 N–H and O–H groups in total.